The highest BCUT2D eigenvalue weighted by molar-refractivity contribution is 8.14. The standard InChI is InChI=1S/C20H16N6O4S/c21-20(24-23-11-12-10-22-16-7-2-1-6-15(12)16)31-17-9-18(27)25(19(17)28)13-4-3-5-14(8-13)26(29)30/h1-8,10-11,17,22H,9H2,(H2,21,24)/p+1. The molecule has 0 radical (unpaired) electrons. The first kappa shape index (κ1) is 20.3. The second-order valence-electron chi connectivity index (χ2n) is 6.67. The third-order valence-corrected chi connectivity index (χ3v) is 5.67. The van der Waals surface area contributed by atoms with E-state index < -0.39 is 22.0 Å². The maximum absolute atomic E-state index is 12.7. The monoisotopic (exact) mass is 437 g/mol. The SMILES string of the molecule is NC(=N[NH+]=Cc1c[nH]c2ccccc12)SC1CC(=O)N(c2cccc([N+](=O)[O-])c2)C1=O. The van der Waals surface area contributed by atoms with Gasteiger partial charge in [-0.15, -0.1) is 5.10 Å². The van der Waals surface area contributed by atoms with Crippen LogP contribution in [-0.2, 0) is 9.59 Å². The number of nitrogens with one attached hydrogen (secondary N) is 2. The minimum absolute atomic E-state index is 0.0748. The molecule has 1 unspecified atom stereocenters. The summed E-state index contributed by atoms with van der Waals surface area (Å²) in [6.07, 6.45) is 3.42. The van der Waals surface area contributed by atoms with E-state index in [4.69, 9.17) is 5.73 Å². The third kappa shape index (κ3) is 4.16. The lowest BCUT2D eigenvalue weighted by molar-refractivity contribution is -0.456. The van der Waals surface area contributed by atoms with Crippen LogP contribution in [0.4, 0.5) is 11.4 Å². The first-order chi connectivity index (χ1) is 14.9. The molecule has 3 aromatic rings. The van der Waals surface area contributed by atoms with Crippen LogP contribution in [0.5, 0.6) is 0 Å². The Morgan fingerprint density at radius 2 is 2.10 bits per heavy atom. The van der Waals surface area contributed by atoms with Crippen LogP contribution in [0.15, 0.2) is 59.8 Å². The summed E-state index contributed by atoms with van der Waals surface area (Å²) in [7, 11) is 0. The fourth-order valence-electron chi connectivity index (χ4n) is 3.26. The minimum atomic E-state index is -0.759. The minimum Gasteiger partial charge on any atom is -0.373 e. The largest absolute Gasteiger partial charge is 0.373 e. The number of hydrazone groups is 1. The predicted octanol–water partition coefficient (Wildman–Crippen LogP) is 0.871. The highest BCUT2D eigenvalue weighted by atomic mass is 32.2. The quantitative estimate of drug-likeness (QED) is 0.177. The summed E-state index contributed by atoms with van der Waals surface area (Å²) in [6.45, 7) is 0. The summed E-state index contributed by atoms with van der Waals surface area (Å²) in [4.78, 5) is 39.6. The molecule has 1 aliphatic rings. The van der Waals surface area contributed by atoms with E-state index in [-0.39, 0.29) is 23.0 Å². The van der Waals surface area contributed by atoms with E-state index in [0.717, 1.165) is 33.1 Å². The van der Waals surface area contributed by atoms with E-state index in [1.807, 2.05) is 30.5 Å². The van der Waals surface area contributed by atoms with Crippen molar-refractivity contribution in [1.82, 2.24) is 4.98 Å². The number of amidine groups is 1. The van der Waals surface area contributed by atoms with Gasteiger partial charge in [-0.1, -0.05) is 36.0 Å². The van der Waals surface area contributed by atoms with Crippen molar-refractivity contribution in [2.24, 2.45) is 10.8 Å². The fourth-order valence-corrected chi connectivity index (χ4v) is 4.09. The van der Waals surface area contributed by atoms with Crippen LogP contribution < -0.4 is 15.7 Å². The Hall–Kier alpha value is -3.99. The lowest BCUT2D eigenvalue weighted by Gasteiger charge is -2.14. The number of nitrogens with zero attached hydrogens (tertiary/aromatic N) is 3. The number of fused-ring (bicyclic) bond motifs is 1. The molecular weight excluding hydrogens is 420 g/mol. The summed E-state index contributed by atoms with van der Waals surface area (Å²) in [5.74, 6) is -0.941. The van der Waals surface area contributed by atoms with Crippen molar-refractivity contribution in [2.75, 3.05) is 4.90 Å². The predicted molar refractivity (Wildman–Crippen MR) is 118 cm³/mol. The number of imide groups is 1. The number of aromatic amines is 1. The van der Waals surface area contributed by atoms with Crippen molar-refractivity contribution < 1.29 is 19.6 Å². The lowest BCUT2D eigenvalue weighted by Crippen LogP contribution is -2.62. The van der Waals surface area contributed by atoms with Crippen molar-refractivity contribution in [3.8, 4) is 0 Å². The Morgan fingerprint density at radius 1 is 1.29 bits per heavy atom. The van der Waals surface area contributed by atoms with Crippen molar-refractivity contribution >= 4 is 57.2 Å². The Balaban J connectivity index is 1.45. The molecule has 1 aliphatic heterocycles. The molecule has 0 aliphatic carbocycles. The number of rotatable bonds is 5. The number of non-ortho nitro benzene ring substituents is 1. The molecule has 4 N–H and O–H groups in total. The molecule has 10 nitrogen and oxygen atoms in total. The Labute approximate surface area is 180 Å². The second-order valence-corrected chi connectivity index (χ2v) is 7.89. The van der Waals surface area contributed by atoms with Gasteiger partial charge < -0.3 is 10.7 Å². The van der Waals surface area contributed by atoms with E-state index in [1.165, 1.54) is 24.3 Å². The van der Waals surface area contributed by atoms with Gasteiger partial charge in [0.15, 0.2) is 0 Å². The number of amides is 2. The summed E-state index contributed by atoms with van der Waals surface area (Å²) < 4.78 is 0. The van der Waals surface area contributed by atoms with Crippen LogP contribution in [0.3, 0.4) is 0 Å². The van der Waals surface area contributed by atoms with Gasteiger partial charge in [0.1, 0.15) is 5.25 Å². The van der Waals surface area contributed by atoms with E-state index in [0.29, 0.717) is 0 Å². The number of benzene rings is 2. The molecular formula is C20H17N6O4S+. The van der Waals surface area contributed by atoms with E-state index in [9.17, 15) is 19.7 Å². The lowest BCUT2D eigenvalue weighted by atomic mass is 10.2. The van der Waals surface area contributed by atoms with Gasteiger partial charge in [-0.2, -0.15) is 0 Å². The molecule has 2 aromatic carbocycles. The van der Waals surface area contributed by atoms with E-state index in [2.05, 4.69) is 15.2 Å². The number of nitro groups is 1. The maximum atomic E-state index is 12.7. The number of H-pyrrole nitrogens is 1. The van der Waals surface area contributed by atoms with Crippen LogP contribution in [0.2, 0.25) is 0 Å². The van der Waals surface area contributed by atoms with Gasteiger partial charge >= 0.3 is 0 Å². The van der Waals surface area contributed by atoms with E-state index >= 15 is 0 Å². The molecule has 2 heterocycles. The number of carbonyl (C=O) groups excluding carboxylic acids is 2. The third-order valence-electron chi connectivity index (χ3n) is 4.68. The molecule has 1 fully saturated rings. The normalized spacial score (nSPS) is 17.2. The highest BCUT2D eigenvalue weighted by Gasteiger charge is 2.41. The van der Waals surface area contributed by atoms with Crippen LogP contribution >= 0.6 is 11.8 Å². The Bertz CT molecular complexity index is 1250. The van der Waals surface area contributed by atoms with Gasteiger partial charge in [-0.25, -0.2) is 4.90 Å². The molecule has 1 aromatic heterocycles. The van der Waals surface area contributed by atoms with Crippen molar-refractivity contribution in [2.45, 2.75) is 11.7 Å². The van der Waals surface area contributed by atoms with Gasteiger partial charge in [-0.05, 0) is 12.1 Å². The summed E-state index contributed by atoms with van der Waals surface area (Å²) in [6, 6.07) is 13.2. The number of para-hydroxylation sites is 1. The first-order valence-electron chi connectivity index (χ1n) is 9.20. The number of nitro benzene ring substituents is 1. The van der Waals surface area contributed by atoms with Crippen LogP contribution in [0, 0.1) is 10.1 Å². The topological polar surface area (TPSA) is 149 Å². The smallest absolute Gasteiger partial charge is 0.271 e. The zero-order chi connectivity index (χ0) is 22.0. The summed E-state index contributed by atoms with van der Waals surface area (Å²) in [5.41, 5.74) is 7.75. The van der Waals surface area contributed by atoms with Gasteiger partial charge in [0.05, 0.1) is 16.2 Å². The van der Waals surface area contributed by atoms with Gasteiger partial charge in [0.2, 0.25) is 23.2 Å². The van der Waals surface area contributed by atoms with Crippen LogP contribution in [0.25, 0.3) is 10.9 Å². The molecule has 1 saturated heterocycles. The van der Waals surface area contributed by atoms with Crippen LogP contribution in [0.1, 0.15) is 12.0 Å². The molecule has 4 rings (SSSR count). The number of hydrogen-bond acceptors (Lipinski definition) is 6. The van der Waals surface area contributed by atoms with Crippen molar-refractivity contribution in [3.63, 3.8) is 0 Å². The van der Waals surface area contributed by atoms with Crippen LogP contribution in [-0.4, -0.2) is 38.4 Å². The zero-order valence-corrected chi connectivity index (χ0v) is 16.8. The summed E-state index contributed by atoms with van der Waals surface area (Å²) >= 11 is 0.960. The number of aromatic nitrogens is 1. The molecule has 0 spiro atoms. The average molecular weight is 437 g/mol. The second kappa shape index (κ2) is 8.40. The molecule has 0 bridgehead atoms. The van der Waals surface area contributed by atoms with Crippen molar-refractivity contribution in [1.29, 1.82) is 0 Å². The molecule has 31 heavy (non-hydrogen) atoms. The number of carbonyl (C=O) groups is 2. The molecule has 11 heteroatoms. The number of nitrogens with two attached hydrogens (primary N) is 1. The van der Waals surface area contributed by atoms with Crippen molar-refractivity contribution in [3.05, 3.63) is 70.4 Å². The number of hydrogen-bond donors (Lipinski definition) is 3. The van der Waals surface area contributed by atoms with Gasteiger partial charge in [0.25, 0.3) is 5.69 Å². The summed E-state index contributed by atoms with van der Waals surface area (Å²) in [5, 5.41) is 18.1. The fraction of sp³-hybridized carbons (Fsp3) is 0.100. The van der Waals surface area contributed by atoms with Gasteiger partial charge in [-0.3, -0.25) is 19.7 Å². The maximum Gasteiger partial charge on any atom is 0.271 e. The first-order valence-corrected chi connectivity index (χ1v) is 10.1. The Morgan fingerprint density at radius 3 is 2.90 bits per heavy atom. The van der Waals surface area contributed by atoms with Gasteiger partial charge in [0, 0.05) is 40.8 Å². The Kier molecular flexibility index (Phi) is 5.50. The molecule has 2 amide bonds. The molecule has 0 saturated carbocycles. The molecule has 156 valence electrons. The highest BCUT2D eigenvalue weighted by Crippen LogP contribution is 2.31. The number of anilines is 1. The zero-order valence-electron chi connectivity index (χ0n) is 16.0. The van der Waals surface area contributed by atoms with E-state index in [1.54, 1.807) is 6.21 Å². The number of thioether (sulfide) groups is 1. The average Bonchev–Trinajstić information content (AvgIpc) is 3.28. The molecule has 1 atom stereocenters.